The SMILES string of the molecule is Cc1ccccc1Nc1nc(Nc2ccccc2C)nc(N2CCCCC2)n1. The minimum atomic E-state index is 0.556. The van der Waals surface area contributed by atoms with Gasteiger partial charge in [0.25, 0.3) is 0 Å². The summed E-state index contributed by atoms with van der Waals surface area (Å²) in [4.78, 5) is 16.3. The van der Waals surface area contributed by atoms with Gasteiger partial charge in [-0.3, -0.25) is 0 Å². The molecule has 2 aromatic carbocycles. The molecule has 28 heavy (non-hydrogen) atoms. The summed E-state index contributed by atoms with van der Waals surface area (Å²) in [5, 5.41) is 6.73. The van der Waals surface area contributed by atoms with E-state index in [0.717, 1.165) is 41.5 Å². The van der Waals surface area contributed by atoms with E-state index >= 15 is 0 Å². The van der Waals surface area contributed by atoms with Crippen molar-refractivity contribution in [2.45, 2.75) is 33.1 Å². The van der Waals surface area contributed by atoms with Crippen LogP contribution < -0.4 is 15.5 Å². The molecule has 0 amide bonds. The molecule has 0 radical (unpaired) electrons. The number of hydrogen-bond donors (Lipinski definition) is 2. The zero-order valence-electron chi connectivity index (χ0n) is 16.4. The van der Waals surface area contributed by atoms with Crippen molar-refractivity contribution in [3.05, 3.63) is 59.7 Å². The zero-order chi connectivity index (χ0) is 19.3. The topological polar surface area (TPSA) is 66.0 Å². The van der Waals surface area contributed by atoms with Crippen LogP contribution in [0.5, 0.6) is 0 Å². The number of anilines is 5. The van der Waals surface area contributed by atoms with Crippen molar-refractivity contribution < 1.29 is 0 Å². The van der Waals surface area contributed by atoms with E-state index < -0.39 is 0 Å². The number of nitrogens with zero attached hydrogens (tertiary/aromatic N) is 4. The lowest BCUT2D eigenvalue weighted by molar-refractivity contribution is 0.568. The quantitative estimate of drug-likeness (QED) is 0.657. The molecule has 2 N–H and O–H groups in total. The predicted molar refractivity (Wildman–Crippen MR) is 115 cm³/mol. The van der Waals surface area contributed by atoms with Crippen LogP contribution in [0.15, 0.2) is 48.5 Å². The number of nitrogens with one attached hydrogen (secondary N) is 2. The molecule has 0 atom stereocenters. The molecule has 3 aromatic rings. The van der Waals surface area contributed by atoms with E-state index in [0.29, 0.717) is 11.9 Å². The zero-order valence-corrected chi connectivity index (χ0v) is 16.4. The van der Waals surface area contributed by atoms with Crippen LogP contribution in [0.4, 0.5) is 29.2 Å². The molecule has 1 aliphatic heterocycles. The van der Waals surface area contributed by atoms with Crippen LogP contribution in [-0.4, -0.2) is 28.0 Å². The molecule has 1 fully saturated rings. The number of rotatable bonds is 5. The average Bonchev–Trinajstić information content (AvgIpc) is 2.72. The number of benzene rings is 2. The summed E-state index contributed by atoms with van der Waals surface area (Å²) in [5.74, 6) is 1.84. The van der Waals surface area contributed by atoms with Crippen molar-refractivity contribution in [1.82, 2.24) is 15.0 Å². The summed E-state index contributed by atoms with van der Waals surface area (Å²) in [6.45, 7) is 6.11. The molecule has 0 saturated carbocycles. The van der Waals surface area contributed by atoms with Crippen LogP contribution in [-0.2, 0) is 0 Å². The molecule has 6 heteroatoms. The Kier molecular flexibility index (Phi) is 5.37. The maximum Gasteiger partial charge on any atom is 0.233 e. The summed E-state index contributed by atoms with van der Waals surface area (Å²) in [6.07, 6.45) is 3.61. The Morgan fingerprint density at radius 2 is 1.18 bits per heavy atom. The van der Waals surface area contributed by atoms with Gasteiger partial charge in [-0.2, -0.15) is 15.0 Å². The Morgan fingerprint density at radius 3 is 1.68 bits per heavy atom. The highest BCUT2D eigenvalue weighted by molar-refractivity contribution is 5.63. The van der Waals surface area contributed by atoms with Crippen LogP contribution in [0.2, 0.25) is 0 Å². The third-order valence-corrected chi connectivity index (χ3v) is 5.05. The van der Waals surface area contributed by atoms with Gasteiger partial charge in [0, 0.05) is 24.5 Å². The van der Waals surface area contributed by atoms with Gasteiger partial charge >= 0.3 is 0 Å². The Hall–Kier alpha value is -3.15. The Labute approximate surface area is 166 Å². The maximum absolute atomic E-state index is 4.71. The molecule has 4 rings (SSSR count). The standard InChI is InChI=1S/C22H26N6/c1-16-10-4-6-12-18(16)23-20-25-21(24-19-13-7-5-11-17(19)2)27-22(26-20)28-14-8-3-9-15-28/h4-7,10-13H,3,8-9,14-15H2,1-2H3,(H2,23,24,25,26,27). The molecule has 0 bridgehead atoms. The van der Waals surface area contributed by atoms with E-state index in [1.165, 1.54) is 19.3 Å². The van der Waals surface area contributed by atoms with Crippen molar-refractivity contribution in [3.63, 3.8) is 0 Å². The smallest absolute Gasteiger partial charge is 0.233 e. The first-order chi connectivity index (χ1) is 13.7. The Morgan fingerprint density at radius 1 is 0.679 bits per heavy atom. The van der Waals surface area contributed by atoms with Crippen LogP contribution in [0.3, 0.4) is 0 Å². The van der Waals surface area contributed by atoms with Crippen molar-refractivity contribution in [2.24, 2.45) is 0 Å². The third-order valence-electron chi connectivity index (χ3n) is 5.05. The number of aryl methyl sites for hydroxylation is 2. The lowest BCUT2D eigenvalue weighted by atomic mass is 10.1. The fraction of sp³-hybridized carbons (Fsp3) is 0.318. The number of hydrogen-bond acceptors (Lipinski definition) is 6. The molecule has 0 aliphatic carbocycles. The highest BCUT2D eigenvalue weighted by Crippen LogP contribution is 2.24. The van der Waals surface area contributed by atoms with Gasteiger partial charge in [-0.25, -0.2) is 0 Å². The second-order valence-electron chi connectivity index (χ2n) is 7.21. The normalized spacial score (nSPS) is 14.0. The van der Waals surface area contributed by atoms with E-state index in [1.807, 2.05) is 36.4 Å². The lowest BCUT2D eigenvalue weighted by Gasteiger charge is -2.27. The molecule has 144 valence electrons. The number of para-hydroxylation sites is 2. The maximum atomic E-state index is 4.71. The predicted octanol–water partition coefficient (Wildman–Crippen LogP) is 4.97. The highest BCUT2D eigenvalue weighted by atomic mass is 15.3. The summed E-state index contributed by atoms with van der Waals surface area (Å²) >= 11 is 0. The monoisotopic (exact) mass is 374 g/mol. The molecule has 1 saturated heterocycles. The van der Waals surface area contributed by atoms with Gasteiger partial charge in [0.1, 0.15) is 0 Å². The first-order valence-electron chi connectivity index (χ1n) is 9.85. The van der Waals surface area contributed by atoms with E-state index in [2.05, 4.69) is 46.5 Å². The van der Waals surface area contributed by atoms with E-state index in [-0.39, 0.29) is 0 Å². The first kappa shape index (κ1) is 18.2. The van der Waals surface area contributed by atoms with Gasteiger partial charge in [-0.15, -0.1) is 0 Å². The minimum absolute atomic E-state index is 0.556. The van der Waals surface area contributed by atoms with Gasteiger partial charge in [0.15, 0.2) is 0 Å². The van der Waals surface area contributed by atoms with Crippen LogP contribution in [0.1, 0.15) is 30.4 Å². The Balaban J connectivity index is 1.68. The minimum Gasteiger partial charge on any atom is -0.341 e. The van der Waals surface area contributed by atoms with Crippen molar-refractivity contribution in [3.8, 4) is 0 Å². The molecule has 1 aliphatic rings. The summed E-state index contributed by atoms with van der Waals surface area (Å²) in [5.41, 5.74) is 4.30. The van der Waals surface area contributed by atoms with Crippen molar-refractivity contribution in [2.75, 3.05) is 28.6 Å². The summed E-state index contributed by atoms with van der Waals surface area (Å²) in [6, 6.07) is 16.3. The molecule has 1 aromatic heterocycles. The molecular weight excluding hydrogens is 348 g/mol. The van der Waals surface area contributed by atoms with Crippen LogP contribution in [0.25, 0.3) is 0 Å². The third kappa shape index (κ3) is 4.22. The summed E-state index contributed by atoms with van der Waals surface area (Å²) in [7, 11) is 0. The Bertz CT molecular complexity index is 884. The molecule has 2 heterocycles. The van der Waals surface area contributed by atoms with E-state index in [9.17, 15) is 0 Å². The first-order valence-corrected chi connectivity index (χ1v) is 9.85. The number of aromatic nitrogens is 3. The molecule has 0 unspecified atom stereocenters. The fourth-order valence-corrected chi connectivity index (χ4v) is 3.38. The molecular formula is C22H26N6. The molecule has 0 spiro atoms. The fourth-order valence-electron chi connectivity index (χ4n) is 3.38. The van der Waals surface area contributed by atoms with Crippen molar-refractivity contribution >= 4 is 29.2 Å². The van der Waals surface area contributed by atoms with Gasteiger partial charge in [-0.05, 0) is 56.4 Å². The largest absolute Gasteiger partial charge is 0.341 e. The second-order valence-corrected chi connectivity index (χ2v) is 7.21. The molecule has 6 nitrogen and oxygen atoms in total. The summed E-state index contributed by atoms with van der Waals surface area (Å²) < 4.78 is 0. The van der Waals surface area contributed by atoms with E-state index in [1.54, 1.807) is 0 Å². The van der Waals surface area contributed by atoms with Crippen molar-refractivity contribution in [1.29, 1.82) is 0 Å². The number of piperidine rings is 1. The highest BCUT2D eigenvalue weighted by Gasteiger charge is 2.17. The lowest BCUT2D eigenvalue weighted by Crippen LogP contribution is -2.31. The van der Waals surface area contributed by atoms with Crippen LogP contribution >= 0.6 is 0 Å². The van der Waals surface area contributed by atoms with E-state index in [4.69, 9.17) is 9.97 Å². The van der Waals surface area contributed by atoms with Gasteiger partial charge in [0.2, 0.25) is 17.8 Å². The van der Waals surface area contributed by atoms with Gasteiger partial charge in [0.05, 0.1) is 0 Å². The average molecular weight is 374 g/mol. The van der Waals surface area contributed by atoms with Gasteiger partial charge < -0.3 is 15.5 Å². The van der Waals surface area contributed by atoms with Crippen LogP contribution in [0, 0.1) is 13.8 Å². The van der Waals surface area contributed by atoms with Gasteiger partial charge in [-0.1, -0.05) is 36.4 Å². The second kappa shape index (κ2) is 8.25.